The van der Waals surface area contributed by atoms with E-state index < -0.39 is 0 Å². The van der Waals surface area contributed by atoms with Crippen LogP contribution in [0.2, 0.25) is 0 Å². The monoisotopic (exact) mass is 234 g/mol. The van der Waals surface area contributed by atoms with Crippen LogP contribution in [0.4, 0.5) is 0 Å². The lowest BCUT2D eigenvalue weighted by Crippen LogP contribution is -2.37. The first kappa shape index (κ1) is 13.7. The van der Waals surface area contributed by atoms with Gasteiger partial charge < -0.3 is 5.32 Å². The molecule has 3 nitrogen and oxygen atoms in total. The molecule has 0 heterocycles. The van der Waals surface area contributed by atoms with E-state index in [0.717, 1.165) is 19.5 Å². The van der Waals surface area contributed by atoms with Crippen LogP contribution in [0.1, 0.15) is 25.8 Å². The highest BCUT2D eigenvalue weighted by atomic mass is 16.2. The molecule has 0 unspecified atom stereocenters. The molecule has 0 atom stereocenters. The molecule has 0 aromatic heterocycles. The van der Waals surface area contributed by atoms with Gasteiger partial charge >= 0.3 is 0 Å². The summed E-state index contributed by atoms with van der Waals surface area (Å²) < 4.78 is 0. The van der Waals surface area contributed by atoms with Crippen LogP contribution in [0.3, 0.4) is 0 Å². The van der Waals surface area contributed by atoms with Crippen LogP contribution in [0.25, 0.3) is 0 Å². The summed E-state index contributed by atoms with van der Waals surface area (Å²) in [5, 5.41) is 2.84. The first-order chi connectivity index (χ1) is 8.26. The van der Waals surface area contributed by atoms with E-state index in [9.17, 15) is 4.79 Å². The lowest BCUT2D eigenvalue weighted by molar-refractivity contribution is -0.122. The van der Waals surface area contributed by atoms with E-state index in [1.165, 1.54) is 5.56 Å². The molecular weight excluding hydrogens is 212 g/mol. The van der Waals surface area contributed by atoms with Gasteiger partial charge in [-0.05, 0) is 25.5 Å². The Bertz CT molecular complexity index is 324. The summed E-state index contributed by atoms with van der Waals surface area (Å²) in [5.74, 6) is 0.108. The standard InChI is InChI=1S/C14H22N2O/c1-3-10-16(12-14(17)15-4-2)11-13-8-6-5-7-9-13/h5-9H,3-4,10-12H2,1-2H3,(H,15,17). The first-order valence-electron chi connectivity index (χ1n) is 6.29. The minimum Gasteiger partial charge on any atom is -0.355 e. The second-order valence-electron chi connectivity index (χ2n) is 4.15. The number of nitrogens with zero attached hydrogens (tertiary/aromatic N) is 1. The van der Waals surface area contributed by atoms with Crippen molar-refractivity contribution in [2.24, 2.45) is 0 Å². The van der Waals surface area contributed by atoms with Crippen molar-refractivity contribution in [1.29, 1.82) is 0 Å². The quantitative estimate of drug-likeness (QED) is 0.783. The molecule has 1 aromatic rings. The number of benzene rings is 1. The molecule has 0 aliphatic carbocycles. The van der Waals surface area contributed by atoms with Crippen LogP contribution >= 0.6 is 0 Å². The van der Waals surface area contributed by atoms with Crippen molar-refractivity contribution in [3.05, 3.63) is 35.9 Å². The lowest BCUT2D eigenvalue weighted by Gasteiger charge is -2.21. The third-order valence-corrected chi connectivity index (χ3v) is 2.53. The Morgan fingerprint density at radius 1 is 1.24 bits per heavy atom. The zero-order valence-corrected chi connectivity index (χ0v) is 10.8. The van der Waals surface area contributed by atoms with Crippen LogP contribution < -0.4 is 5.32 Å². The fourth-order valence-corrected chi connectivity index (χ4v) is 1.83. The molecule has 94 valence electrons. The molecule has 0 saturated heterocycles. The van der Waals surface area contributed by atoms with E-state index in [0.29, 0.717) is 13.1 Å². The summed E-state index contributed by atoms with van der Waals surface area (Å²) in [6, 6.07) is 10.3. The second-order valence-corrected chi connectivity index (χ2v) is 4.15. The average Bonchev–Trinajstić information content (AvgIpc) is 2.31. The topological polar surface area (TPSA) is 32.3 Å². The van der Waals surface area contributed by atoms with Gasteiger partial charge in [-0.2, -0.15) is 0 Å². The Labute approximate surface area is 104 Å². The molecule has 0 saturated carbocycles. The van der Waals surface area contributed by atoms with Crippen molar-refractivity contribution >= 4 is 5.91 Å². The predicted octanol–water partition coefficient (Wildman–Crippen LogP) is 2.03. The largest absolute Gasteiger partial charge is 0.355 e. The molecule has 1 aromatic carbocycles. The molecule has 0 aliphatic heterocycles. The summed E-state index contributed by atoms with van der Waals surface area (Å²) in [6.07, 6.45) is 1.06. The summed E-state index contributed by atoms with van der Waals surface area (Å²) in [4.78, 5) is 13.7. The Morgan fingerprint density at radius 2 is 1.94 bits per heavy atom. The number of rotatable bonds is 7. The second kappa shape index (κ2) is 7.85. The zero-order valence-electron chi connectivity index (χ0n) is 10.8. The van der Waals surface area contributed by atoms with E-state index in [1.54, 1.807) is 0 Å². The van der Waals surface area contributed by atoms with Crippen molar-refractivity contribution in [3.63, 3.8) is 0 Å². The van der Waals surface area contributed by atoms with E-state index >= 15 is 0 Å². The van der Waals surface area contributed by atoms with Gasteiger partial charge in [0.2, 0.25) is 5.91 Å². The summed E-state index contributed by atoms with van der Waals surface area (Å²) >= 11 is 0. The number of amides is 1. The zero-order chi connectivity index (χ0) is 12.5. The highest BCUT2D eigenvalue weighted by Gasteiger charge is 2.09. The van der Waals surface area contributed by atoms with Crippen molar-refractivity contribution in [2.75, 3.05) is 19.6 Å². The van der Waals surface area contributed by atoms with Crippen LogP contribution in [0.5, 0.6) is 0 Å². The molecule has 1 N–H and O–H groups in total. The number of hydrogen-bond donors (Lipinski definition) is 1. The maximum absolute atomic E-state index is 11.6. The maximum atomic E-state index is 11.6. The molecule has 0 fully saturated rings. The molecule has 0 spiro atoms. The van der Waals surface area contributed by atoms with Crippen LogP contribution in [0, 0.1) is 0 Å². The number of carbonyl (C=O) groups excluding carboxylic acids is 1. The van der Waals surface area contributed by atoms with Crippen LogP contribution in [-0.4, -0.2) is 30.4 Å². The highest BCUT2D eigenvalue weighted by molar-refractivity contribution is 5.77. The normalized spacial score (nSPS) is 10.5. The number of carbonyl (C=O) groups is 1. The fraction of sp³-hybridized carbons (Fsp3) is 0.500. The Balaban J connectivity index is 2.51. The maximum Gasteiger partial charge on any atom is 0.234 e. The molecular formula is C14H22N2O. The van der Waals surface area contributed by atoms with Gasteiger partial charge in [0.15, 0.2) is 0 Å². The van der Waals surface area contributed by atoms with Crippen LogP contribution in [-0.2, 0) is 11.3 Å². The van der Waals surface area contributed by atoms with Gasteiger partial charge in [0, 0.05) is 13.1 Å². The predicted molar refractivity (Wildman–Crippen MR) is 70.7 cm³/mol. The van der Waals surface area contributed by atoms with Gasteiger partial charge in [0.25, 0.3) is 0 Å². The van der Waals surface area contributed by atoms with Gasteiger partial charge in [-0.25, -0.2) is 0 Å². The van der Waals surface area contributed by atoms with E-state index in [-0.39, 0.29) is 5.91 Å². The minimum absolute atomic E-state index is 0.108. The number of nitrogens with one attached hydrogen (secondary N) is 1. The van der Waals surface area contributed by atoms with Gasteiger partial charge in [0.1, 0.15) is 0 Å². The molecule has 0 bridgehead atoms. The van der Waals surface area contributed by atoms with Crippen LogP contribution in [0.15, 0.2) is 30.3 Å². The Hall–Kier alpha value is -1.35. The smallest absolute Gasteiger partial charge is 0.234 e. The van der Waals surface area contributed by atoms with Crippen molar-refractivity contribution in [3.8, 4) is 0 Å². The molecule has 3 heteroatoms. The SMILES string of the molecule is CCCN(CC(=O)NCC)Cc1ccccc1. The number of likely N-dealkylation sites (N-methyl/N-ethyl adjacent to an activating group) is 1. The van der Waals surface area contributed by atoms with Crippen molar-refractivity contribution < 1.29 is 4.79 Å². The Kier molecular flexibility index (Phi) is 6.33. The molecule has 0 aliphatic rings. The minimum atomic E-state index is 0.108. The van der Waals surface area contributed by atoms with Crippen molar-refractivity contribution in [2.45, 2.75) is 26.8 Å². The van der Waals surface area contributed by atoms with Gasteiger partial charge in [-0.3, -0.25) is 9.69 Å². The van der Waals surface area contributed by atoms with Crippen molar-refractivity contribution in [1.82, 2.24) is 10.2 Å². The van der Waals surface area contributed by atoms with Gasteiger partial charge in [0.05, 0.1) is 6.54 Å². The Morgan fingerprint density at radius 3 is 2.53 bits per heavy atom. The highest BCUT2D eigenvalue weighted by Crippen LogP contribution is 2.04. The molecule has 1 rings (SSSR count). The van der Waals surface area contributed by atoms with Gasteiger partial charge in [-0.1, -0.05) is 37.3 Å². The summed E-state index contributed by atoms with van der Waals surface area (Å²) in [5.41, 5.74) is 1.25. The first-order valence-corrected chi connectivity index (χ1v) is 6.29. The number of hydrogen-bond acceptors (Lipinski definition) is 2. The summed E-state index contributed by atoms with van der Waals surface area (Å²) in [7, 11) is 0. The molecule has 0 radical (unpaired) electrons. The van der Waals surface area contributed by atoms with E-state index in [1.807, 2.05) is 25.1 Å². The lowest BCUT2D eigenvalue weighted by atomic mass is 10.2. The van der Waals surface area contributed by atoms with E-state index in [2.05, 4.69) is 29.3 Å². The average molecular weight is 234 g/mol. The summed E-state index contributed by atoms with van der Waals surface area (Å²) in [6.45, 7) is 7.05. The molecule has 17 heavy (non-hydrogen) atoms. The van der Waals surface area contributed by atoms with E-state index in [4.69, 9.17) is 0 Å². The third-order valence-electron chi connectivity index (χ3n) is 2.53. The molecule has 1 amide bonds. The third kappa shape index (κ3) is 5.50. The fourth-order valence-electron chi connectivity index (χ4n) is 1.83. The van der Waals surface area contributed by atoms with Gasteiger partial charge in [-0.15, -0.1) is 0 Å².